The van der Waals surface area contributed by atoms with E-state index in [0.717, 1.165) is 13.1 Å². The molecule has 1 rings (SSSR count). The highest BCUT2D eigenvalue weighted by Gasteiger charge is 1.94. The van der Waals surface area contributed by atoms with Gasteiger partial charge in [-0.1, -0.05) is 5.92 Å². The van der Waals surface area contributed by atoms with Crippen molar-refractivity contribution in [3.05, 3.63) is 20.8 Å². The van der Waals surface area contributed by atoms with Gasteiger partial charge >= 0.3 is 0 Å². The SMILES string of the molecule is CC#CCNCc1csc(Br)c1. The van der Waals surface area contributed by atoms with Crippen molar-refractivity contribution >= 4 is 27.3 Å². The Bertz CT molecular complexity index is 295. The Kier molecular flexibility index (Phi) is 4.37. The van der Waals surface area contributed by atoms with Crippen molar-refractivity contribution in [3.8, 4) is 11.8 Å². The maximum absolute atomic E-state index is 3.42. The van der Waals surface area contributed by atoms with Crippen molar-refractivity contribution in [2.75, 3.05) is 6.54 Å². The third-order valence-electron chi connectivity index (χ3n) is 1.34. The van der Waals surface area contributed by atoms with Crippen molar-refractivity contribution in [1.82, 2.24) is 5.32 Å². The van der Waals surface area contributed by atoms with Gasteiger partial charge in [-0.25, -0.2) is 0 Å². The summed E-state index contributed by atoms with van der Waals surface area (Å²) in [4.78, 5) is 0. The molecule has 1 N–H and O–H groups in total. The molecule has 1 aromatic rings. The van der Waals surface area contributed by atoms with Gasteiger partial charge in [0.25, 0.3) is 0 Å². The lowest BCUT2D eigenvalue weighted by Crippen LogP contribution is -2.12. The molecule has 0 spiro atoms. The van der Waals surface area contributed by atoms with Gasteiger partial charge in [-0.05, 0) is 39.9 Å². The molecule has 64 valence electrons. The van der Waals surface area contributed by atoms with Crippen LogP contribution in [0.4, 0.5) is 0 Å². The summed E-state index contributed by atoms with van der Waals surface area (Å²) in [7, 11) is 0. The Morgan fingerprint density at radius 3 is 3.08 bits per heavy atom. The van der Waals surface area contributed by atoms with Crippen LogP contribution in [0.2, 0.25) is 0 Å². The van der Waals surface area contributed by atoms with Crippen LogP contribution in [0.15, 0.2) is 15.2 Å². The molecule has 0 aliphatic heterocycles. The molecule has 1 nitrogen and oxygen atoms in total. The lowest BCUT2D eigenvalue weighted by atomic mass is 10.3. The van der Waals surface area contributed by atoms with Crippen LogP contribution in [0.1, 0.15) is 12.5 Å². The van der Waals surface area contributed by atoms with Crippen molar-refractivity contribution in [2.45, 2.75) is 13.5 Å². The fourth-order valence-corrected chi connectivity index (χ4v) is 2.01. The number of hydrogen-bond donors (Lipinski definition) is 1. The molecule has 0 aliphatic carbocycles. The van der Waals surface area contributed by atoms with Crippen LogP contribution >= 0.6 is 27.3 Å². The molecule has 0 fully saturated rings. The van der Waals surface area contributed by atoms with Crippen LogP contribution in [0, 0.1) is 11.8 Å². The molecule has 0 unspecified atom stereocenters. The number of thiophene rings is 1. The molecule has 1 aromatic heterocycles. The Morgan fingerprint density at radius 1 is 1.67 bits per heavy atom. The minimum Gasteiger partial charge on any atom is -0.302 e. The molecular formula is C9H10BrNS. The van der Waals surface area contributed by atoms with Gasteiger partial charge < -0.3 is 5.32 Å². The van der Waals surface area contributed by atoms with E-state index in [1.54, 1.807) is 11.3 Å². The van der Waals surface area contributed by atoms with Gasteiger partial charge in [0.15, 0.2) is 0 Å². The standard InChI is InChI=1S/C9H10BrNS/c1-2-3-4-11-6-8-5-9(10)12-7-8/h5,7,11H,4,6H2,1H3. The van der Waals surface area contributed by atoms with Crippen LogP contribution in [0.5, 0.6) is 0 Å². The van der Waals surface area contributed by atoms with Gasteiger partial charge in [0, 0.05) is 6.54 Å². The minimum atomic E-state index is 0.768. The van der Waals surface area contributed by atoms with E-state index >= 15 is 0 Å². The molecule has 0 aliphatic rings. The molecular weight excluding hydrogens is 234 g/mol. The zero-order valence-corrected chi connectivity index (χ0v) is 9.26. The summed E-state index contributed by atoms with van der Waals surface area (Å²) >= 11 is 5.13. The van der Waals surface area contributed by atoms with E-state index in [0.29, 0.717) is 0 Å². The first kappa shape index (κ1) is 9.79. The first-order valence-electron chi connectivity index (χ1n) is 3.66. The van der Waals surface area contributed by atoms with Gasteiger partial charge in [-0.3, -0.25) is 0 Å². The normalized spacial score (nSPS) is 9.17. The predicted octanol–water partition coefficient (Wildman–Crippen LogP) is 2.62. The smallest absolute Gasteiger partial charge is 0.0701 e. The highest BCUT2D eigenvalue weighted by atomic mass is 79.9. The minimum absolute atomic E-state index is 0.768. The summed E-state index contributed by atoms with van der Waals surface area (Å²) in [5.74, 6) is 5.80. The van der Waals surface area contributed by atoms with Crippen LogP contribution < -0.4 is 5.32 Å². The average Bonchev–Trinajstić information content (AvgIpc) is 2.45. The summed E-state index contributed by atoms with van der Waals surface area (Å²) in [6.45, 7) is 3.52. The molecule has 0 amide bonds. The van der Waals surface area contributed by atoms with Crippen LogP contribution in [0.25, 0.3) is 0 Å². The maximum Gasteiger partial charge on any atom is 0.0701 e. The largest absolute Gasteiger partial charge is 0.302 e. The van der Waals surface area contributed by atoms with Gasteiger partial charge in [-0.2, -0.15) is 0 Å². The van der Waals surface area contributed by atoms with Crippen LogP contribution in [0.3, 0.4) is 0 Å². The number of rotatable bonds is 3. The van der Waals surface area contributed by atoms with E-state index in [9.17, 15) is 0 Å². The van der Waals surface area contributed by atoms with E-state index in [4.69, 9.17) is 0 Å². The second-order valence-corrected chi connectivity index (χ2v) is 4.58. The zero-order valence-electron chi connectivity index (χ0n) is 6.86. The van der Waals surface area contributed by atoms with Crippen LogP contribution in [-0.4, -0.2) is 6.54 Å². The highest BCUT2D eigenvalue weighted by Crippen LogP contribution is 2.20. The summed E-state index contributed by atoms with van der Waals surface area (Å²) in [6, 6.07) is 2.12. The molecule has 12 heavy (non-hydrogen) atoms. The van der Waals surface area contributed by atoms with E-state index < -0.39 is 0 Å². The lowest BCUT2D eigenvalue weighted by molar-refractivity contribution is 0.772. The van der Waals surface area contributed by atoms with Crippen LogP contribution in [-0.2, 0) is 6.54 Å². The van der Waals surface area contributed by atoms with E-state index in [2.05, 4.69) is 44.5 Å². The monoisotopic (exact) mass is 243 g/mol. The third kappa shape index (κ3) is 3.40. The first-order chi connectivity index (χ1) is 5.83. The van der Waals surface area contributed by atoms with E-state index in [-0.39, 0.29) is 0 Å². The summed E-state index contributed by atoms with van der Waals surface area (Å²) in [6.07, 6.45) is 0. The second-order valence-electron chi connectivity index (χ2n) is 2.29. The molecule has 0 atom stereocenters. The second kappa shape index (κ2) is 5.36. The van der Waals surface area contributed by atoms with Crippen molar-refractivity contribution in [2.24, 2.45) is 0 Å². The summed E-state index contributed by atoms with van der Waals surface area (Å²) < 4.78 is 1.18. The number of hydrogen-bond acceptors (Lipinski definition) is 2. The molecule has 0 bridgehead atoms. The molecule has 0 radical (unpaired) electrons. The summed E-state index contributed by atoms with van der Waals surface area (Å²) in [5, 5.41) is 5.36. The lowest BCUT2D eigenvalue weighted by Gasteiger charge is -1.95. The molecule has 3 heteroatoms. The van der Waals surface area contributed by atoms with Gasteiger partial charge in [0.2, 0.25) is 0 Å². The van der Waals surface area contributed by atoms with Gasteiger partial charge in [-0.15, -0.1) is 17.3 Å². The molecule has 0 aromatic carbocycles. The van der Waals surface area contributed by atoms with Gasteiger partial charge in [0.1, 0.15) is 0 Å². The molecule has 0 saturated carbocycles. The zero-order chi connectivity index (χ0) is 8.81. The number of halogens is 1. The van der Waals surface area contributed by atoms with E-state index in [1.165, 1.54) is 9.35 Å². The fourth-order valence-electron chi connectivity index (χ4n) is 0.796. The van der Waals surface area contributed by atoms with Crippen molar-refractivity contribution in [1.29, 1.82) is 0 Å². The molecule has 1 heterocycles. The predicted molar refractivity (Wildman–Crippen MR) is 57.2 cm³/mol. The van der Waals surface area contributed by atoms with E-state index in [1.807, 2.05) is 6.92 Å². The Hall–Kier alpha value is -0.300. The number of nitrogens with one attached hydrogen (secondary N) is 1. The topological polar surface area (TPSA) is 12.0 Å². The maximum atomic E-state index is 3.42. The average molecular weight is 244 g/mol. The first-order valence-corrected chi connectivity index (χ1v) is 5.33. The summed E-state index contributed by atoms with van der Waals surface area (Å²) in [5.41, 5.74) is 1.31. The fraction of sp³-hybridized carbons (Fsp3) is 0.333. The Labute approximate surface area is 85.3 Å². The van der Waals surface area contributed by atoms with Crippen molar-refractivity contribution in [3.63, 3.8) is 0 Å². The van der Waals surface area contributed by atoms with Gasteiger partial charge in [0.05, 0.1) is 10.3 Å². The third-order valence-corrected chi connectivity index (χ3v) is 2.89. The Morgan fingerprint density at radius 2 is 2.50 bits per heavy atom. The highest BCUT2D eigenvalue weighted by molar-refractivity contribution is 9.11. The molecule has 0 saturated heterocycles. The quantitative estimate of drug-likeness (QED) is 0.636. The van der Waals surface area contributed by atoms with Crippen molar-refractivity contribution < 1.29 is 0 Å². The Balaban J connectivity index is 2.27.